The van der Waals surface area contributed by atoms with Crippen LogP contribution in [0.4, 0.5) is 5.69 Å². The van der Waals surface area contributed by atoms with Crippen LogP contribution < -0.4 is 11.1 Å². The van der Waals surface area contributed by atoms with Gasteiger partial charge in [-0.05, 0) is 18.1 Å². The Balaban J connectivity index is 2.19. The van der Waals surface area contributed by atoms with E-state index in [0.29, 0.717) is 11.3 Å². The van der Waals surface area contributed by atoms with Crippen molar-refractivity contribution in [2.24, 2.45) is 11.7 Å². The van der Waals surface area contributed by atoms with Crippen molar-refractivity contribution >= 4 is 11.6 Å². The van der Waals surface area contributed by atoms with E-state index in [1.807, 2.05) is 44.2 Å². The Labute approximate surface area is 111 Å². The molecular formula is C14H17N3O2. The second-order valence-electron chi connectivity index (χ2n) is 4.70. The fourth-order valence-corrected chi connectivity index (χ4v) is 1.69. The Hall–Kier alpha value is -2.14. The second kappa shape index (κ2) is 5.67. The summed E-state index contributed by atoms with van der Waals surface area (Å²) in [6.45, 7) is 3.94. The average Bonchev–Trinajstić information content (AvgIpc) is 2.88. The summed E-state index contributed by atoms with van der Waals surface area (Å²) >= 11 is 0. The normalized spacial score (nSPS) is 12.4. The fourth-order valence-electron chi connectivity index (χ4n) is 1.69. The first-order chi connectivity index (χ1) is 9.09. The zero-order chi connectivity index (χ0) is 13.8. The molecule has 1 atom stereocenters. The predicted molar refractivity (Wildman–Crippen MR) is 72.7 cm³/mol. The Kier molecular flexibility index (Phi) is 3.97. The van der Waals surface area contributed by atoms with E-state index < -0.39 is 0 Å². The van der Waals surface area contributed by atoms with Crippen LogP contribution >= 0.6 is 0 Å². The highest BCUT2D eigenvalue weighted by Gasteiger charge is 2.23. The molecule has 100 valence electrons. The van der Waals surface area contributed by atoms with E-state index in [0.717, 1.165) is 5.69 Å². The van der Waals surface area contributed by atoms with Crippen LogP contribution in [-0.4, -0.2) is 11.1 Å². The molecule has 5 heteroatoms. The third kappa shape index (κ3) is 3.00. The van der Waals surface area contributed by atoms with Crippen LogP contribution in [0.2, 0.25) is 0 Å². The van der Waals surface area contributed by atoms with E-state index in [-0.39, 0.29) is 17.9 Å². The summed E-state index contributed by atoms with van der Waals surface area (Å²) in [5.41, 5.74) is 7.60. The smallest absolute Gasteiger partial charge is 0.260 e. The summed E-state index contributed by atoms with van der Waals surface area (Å²) in [6.07, 6.45) is 1.33. The van der Waals surface area contributed by atoms with Crippen LogP contribution in [0.15, 0.2) is 41.1 Å². The van der Waals surface area contributed by atoms with Crippen molar-refractivity contribution in [1.82, 2.24) is 5.16 Å². The number of anilines is 1. The van der Waals surface area contributed by atoms with Gasteiger partial charge >= 0.3 is 0 Å². The van der Waals surface area contributed by atoms with E-state index in [4.69, 9.17) is 10.3 Å². The van der Waals surface area contributed by atoms with Gasteiger partial charge in [-0.3, -0.25) is 4.79 Å². The molecule has 0 unspecified atom stereocenters. The number of nitrogens with zero attached hydrogens (tertiary/aromatic N) is 1. The van der Waals surface area contributed by atoms with Gasteiger partial charge in [0.1, 0.15) is 17.5 Å². The van der Waals surface area contributed by atoms with Crippen LogP contribution in [0.3, 0.4) is 0 Å². The van der Waals surface area contributed by atoms with Crippen molar-refractivity contribution < 1.29 is 9.32 Å². The minimum atomic E-state index is -0.324. The standard InChI is InChI=1S/C14H17N3O2/c1-9(2)12(15)13-11(8-19-17-13)14(18)16-10-6-4-3-5-7-10/h3-9,12H,15H2,1-2H3,(H,16,18)/t12-/m1/s1. The summed E-state index contributed by atoms with van der Waals surface area (Å²) in [5, 5.41) is 6.62. The average molecular weight is 259 g/mol. The monoisotopic (exact) mass is 259 g/mol. The lowest BCUT2D eigenvalue weighted by Crippen LogP contribution is -2.22. The molecule has 0 radical (unpaired) electrons. The highest BCUT2D eigenvalue weighted by molar-refractivity contribution is 6.04. The Bertz CT molecular complexity index is 549. The lowest BCUT2D eigenvalue weighted by atomic mass is 9.99. The maximum absolute atomic E-state index is 12.2. The van der Waals surface area contributed by atoms with Crippen LogP contribution in [0.25, 0.3) is 0 Å². The highest BCUT2D eigenvalue weighted by Crippen LogP contribution is 2.22. The molecule has 0 aliphatic carbocycles. The van der Waals surface area contributed by atoms with Gasteiger partial charge in [0.2, 0.25) is 0 Å². The zero-order valence-electron chi connectivity index (χ0n) is 11.0. The van der Waals surface area contributed by atoms with E-state index in [9.17, 15) is 4.79 Å². The molecule has 3 N–H and O–H groups in total. The minimum Gasteiger partial charge on any atom is -0.364 e. The molecule has 0 saturated heterocycles. The molecule has 19 heavy (non-hydrogen) atoms. The summed E-state index contributed by atoms with van der Waals surface area (Å²) in [5.74, 6) is -0.0908. The molecule has 1 aromatic carbocycles. The molecular weight excluding hydrogens is 242 g/mol. The van der Waals surface area contributed by atoms with Gasteiger partial charge in [0, 0.05) is 5.69 Å². The molecule has 0 aliphatic rings. The topological polar surface area (TPSA) is 81.2 Å². The molecule has 0 fully saturated rings. The molecule has 1 heterocycles. The van der Waals surface area contributed by atoms with Crippen molar-refractivity contribution in [3.05, 3.63) is 47.9 Å². The zero-order valence-corrected chi connectivity index (χ0v) is 11.0. The first-order valence-electron chi connectivity index (χ1n) is 6.16. The maximum Gasteiger partial charge on any atom is 0.260 e. The first kappa shape index (κ1) is 13.3. The predicted octanol–water partition coefficient (Wildman–Crippen LogP) is 2.58. The summed E-state index contributed by atoms with van der Waals surface area (Å²) in [6, 6.07) is 8.89. The number of amides is 1. The molecule has 2 rings (SSSR count). The number of para-hydroxylation sites is 1. The highest BCUT2D eigenvalue weighted by atomic mass is 16.5. The van der Waals surface area contributed by atoms with Gasteiger partial charge in [-0.1, -0.05) is 37.2 Å². The van der Waals surface area contributed by atoms with Gasteiger partial charge in [-0.15, -0.1) is 0 Å². The number of carbonyl (C=O) groups is 1. The molecule has 0 saturated carbocycles. The van der Waals surface area contributed by atoms with E-state index in [2.05, 4.69) is 10.5 Å². The van der Waals surface area contributed by atoms with Crippen molar-refractivity contribution in [3.8, 4) is 0 Å². The van der Waals surface area contributed by atoms with Gasteiger partial charge in [-0.25, -0.2) is 0 Å². The summed E-state index contributed by atoms with van der Waals surface area (Å²) < 4.78 is 4.88. The van der Waals surface area contributed by atoms with E-state index in [1.54, 1.807) is 0 Å². The largest absolute Gasteiger partial charge is 0.364 e. The molecule has 0 spiro atoms. The van der Waals surface area contributed by atoms with Crippen LogP contribution in [-0.2, 0) is 0 Å². The van der Waals surface area contributed by atoms with Gasteiger partial charge in [0.15, 0.2) is 0 Å². The molecule has 2 aromatic rings. The number of hydrogen-bond donors (Lipinski definition) is 2. The fraction of sp³-hybridized carbons (Fsp3) is 0.286. The van der Waals surface area contributed by atoms with Crippen molar-refractivity contribution in [1.29, 1.82) is 0 Å². The minimum absolute atomic E-state index is 0.174. The number of nitrogens with one attached hydrogen (secondary N) is 1. The lowest BCUT2D eigenvalue weighted by molar-refractivity contribution is 0.102. The van der Waals surface area contributed by atoms with Gasteiger partial charge in [0.05, 0.1) is 6.04 Å². The molecule has 0 bridgehead atoms. The van der Waals surface area contributed by atoms with Gasteiger partial charge in [-0.2, -0.15) is 0 Å². The third-order valence-electron chi connectivity index (χ3n) is 2.91. The summed E-state index contributed by atoms with van der Waals surface area (Å²) in [4.78, 5) is 12.2. The molecule has 5 nitrogen and oxygen atoms in total. The van der Waals surface area contributed by atoms with Crippen molar-refractivity contribution in [2.45, 2.75) is 19.9 Å². The third-order valence-corrected chi connectivity index (χ3v) is 2.91. The summed E-state index contributed by atoms with van der Waals surface area (Å²) in [7, 11) is 0. The van der Waals surface area contributed by atoms with Gasteiger partial charge in [0.25, 0.3) is 5.91 Å². The lowest BCUT2D eigenvalue weighted by Gasteiger charge is -2.13. The number of hydrogen-bond acceptors (Lipinski definition) is 4. The second-order valence-corrected chi connectivity index (χ2v) is 4.70. The maximum atomic E-state index is 12.2. The van der Waals surface area contributed by atoms with E-state index >= 15 is 0 Å². The Morgan fingerprint density at radius 2 is 2.00 bits per heavy atom. The Morgan fingerprint density at radius 1 is 1.32 bits per heavy atom. The molecule has 1 amide bonds. The van der Waals surface area contributed by atoms with Crippen LogP contribution in [0.5, 0.6) is 0 Å². The van der Waals surface area contributed by atoms with Crippen molar-refractivity contribution in [2.75, 3.05) is 5.32 Å². The van der Waals surface area contributed by atoms with E-state index in [1.165, 1.54) is 6.26 Å². The first-order valence-corrected chi connectivity index (χ1v) is 6.16. The number of benzene rings is 1. The number of aromatic nitrogens is 1. The number of rotatable bonds is 4. The Morgan fingerprint density at radius 3 is 2.63 bits per heavy atom. The number of carbonyl (C=O) groups excluding carboxylic acids is 1. The van der Waals surface area contributed by atoms with Crippen LogP contribution in [0.1, 0.15) is 35.9 Å². The SMILES string of the molecule is CC(C)[C@@H](N)c1nocc1C(=O)Nc1ccccc1. The van der Waals surface area contributed by atoms with Crippen LogP contribution in [0, 0.1) is 5.92 Å². The quantitative estimate of drug-likeness (QED) is 0.884. The molecule has 0 aliphatic heterocycles. The van der Waals surface area contributed by atoms with Gasteiger partial charge < -0.3 is 15.6 Å². The number of nitrogens with two attached hydrogens (primary N) is 1. The van der Waals surface area contributed by atoms with Crippen molar-refractivity contribution in [3.63, 3.8) is 0 Å². The molecule has 1 aromatic heterocycles.